The highest BCUT2D eigenvalue weighted by Gasteiger charge is 2.19. The van der Waals surface area contributed by atoms with Crippen LogP contribution in [0.3, 0.4) is 0 Å². The number of carbonyl (C=O) groups is 2. The van der Waals surface area contributed by atoms with Crippen LogP contribution in [0.5, 0.6) is 5.75 Å². The van der Waals surface area contributed by atoms with Gasteiger partial charge in [-0.1, -0.05) is 0 Å². The Morgan fingerprint density at radius 1 is 1.24 bits per heavy atom. The molecule has 0 aliphatic rings. The Kier molecular flexibility index (Phi) is 6.08. The van der Waals surface area contributed by atoms with Crippen molar-refractivity contribution in [1.82, 2.24) is 5.32 Å². The van der Waals surface area contributed by atoms with Gasteiger partial charge in [-0.05, 0) is 26.0 Å². The van der Waals surface area contributed by atoms with E-state index in [4.69, 9.17) is 4.74 Å². The van der Waals surface area contributed by atoms with E-state index in [9.17, 15) is 18.4 Å². The van der Waals surface area contributed by atoms with E-state index >= 15 is 0 Å². The Labute approximate surface area is 121 Å². The molecule has 0 aliphatic heterocycles. The summed E-state index contributed by atoms with van der Waals surface area (Å²) < 4.78 is 35.5. The molecule has 1 aromatic carbocycles. The van der Waals surface area contributed by atoms with Gasteiger partial charge in [0.05, 0.1) is 13.5 Å². The van der Waals surface area contributed by atoms with Crippen LogP contribution in [0.4, 0.5) is 8.78 Å². The molecule has 7 heteroatoms. The van der Waals surface area contributed by atoms with Gasteiger partial charge in [-0.25, -0.2) is 8.78 Å². The Balaban J connectivity index is 2.54. The molecule has 1 amide bonds. The quantitative estimate of drug-likeness (QED) is 0.814. The van der Waals surface area contributed by atoms with Crippen molar-refractivity contribution in [3.63, 3.8) is 0 Å². The molecule has 1 rings (SSSR count). The summed E-state index contributed by atoms with van der Waals surface area (Å²) in [5, 5.41) is 2.56. The maximum atomic E-state index is 13.0. The first-order valence-electron chi connectivity index (χ1n) is 6.32. The number of esters is 1. The van der Waals surface area contributed by atoms with E-state index in [0.717, 1.165) is 12.1 Å². The average Bonchev–Trinajstić information content (AvgIpc) is 2.42. The molecule has 0 aliphatic carbocycles. The predicted octanol–water partition coefficient (Wildman–Crippen LogP) is 1.80. The molecular formula is C14H17F2NO4. The van der Waals surface area contributed by atoms with Crippen molar-refractivity contribution in [2.75, 3.05) is 7.11 Å². The number of benzene rings is 1. The zero-order valence-corrected chi connectivity index (χ0v) is 12.0. The molecule has 5 nitrogen and oxygen atoms in total. The van der Waals surface area contributed by atoms with Crippen LogP contribution in [0.15, 0.2) is 18.2 Å². The molecular weight excluding hydrogens is 284 g/mol. The summed E-state index contributed by atoms with van der Waals surface area (Å²) in [5.41, 5.74) is 0. The maximum absolute atomic E-state index is 13.0. The summed E-state index contributed by atoms with van der Waals surface area (Å²) in [6.07, 6.45) is -0.893. The van der Waals surface area contributed by atoms with Gasteiger partial charge in [0.1, 0.15) is 5.75 Å². The molecule has 1 N–H and O–H groups in total. The van der Waals surface area contributed by atoms with E-state index in [1.807, 2.05) is 0 Å². The van der Waals surface area contributed by atoms with Gasteiger partial charge in [-0.2, -0.15) is 0 Å². The normalized spacial score (nSPS) is 13.2. The van der Waals surface area contributed by atoms with E-state index in [0.29, 0.717) is 0 Å². The van der Waals surface area contributed by atoms with Gasteiger partial charge in [0.2, 0.25) is 0 Å². The van der Waals surface area contributed by atoms with Gasteiger partial charge in [0.25, 0.3) is 5.91 Å². The third-order valence-corrected chi connectivity index (χ3v) is 2.66. The number of methoxy groups -OCH3 is 1. The minimum Gasteiger partial charge on any atom is -0.481 e. The van der Waals surface area contributed by atoms with Crippen LogP contribution < -0.4 is 10.1 Å². The van der Waals surface area contributed by atoms with Crippen LogP contribution in [-0.4, -0.2) is 31.1 Å². The van der Waals surface area contributed by atoms with Gasteiger partial charge in [0.15, 0.2) is 17.7 Å². The van der Waals surface area contributed by atoms with Crippen LogP contribution >= 0.6 is 0 Å². The average molecular weight is 301 g/mol. The third-order valence-electron chi connectivity index (χ3n) is 2.66. The predicted molar refractivity (Wildman–Crippen MR) is 70.7 cm³/mol. The summed E-state index contributed by atoms with van der Waals surface area (Å²) in [6, 6.07) is 2.56. The number of rotatable bonds is 6. The molecule has 0 saturated carbocycles. The molecule has 0 radical (unpaired) electrons. The summed E-state index contributed by atoms with van der Waals surface area (Å²) in [6.45, 7) is 3.10. The monoisotopic (exact) mass is 301 g/mol. The highest BCUT2D eigenvalue weighted by Crippen LogP contribution is 2.16. The first-order chi connectivity index (χ1) is 9.83. The smallest absolute Gasteiger partial charge is 0.307 e. The number of hydrogen-bond acceptors (Lipinski definition) is 4. The van der Waals surface area contributed by atoms with E-state index in [2.05, 4.69) is 10.1 Å². The number of carbonyl (C=O) groups excluding carboxylic acids is 2. The lowest BCUT2D eigenvalue weighted by atomic mass is 10.2. The van der Waals surface area contributed by atoms with Crippen molar-refractivity contribution in [2.45, 2.75) is 32.4 Å². The number of amides is 1. The molecule has 1 aromatic rings. The first-order valence-corrected chi connectivity index (χ1v) is 6.32. The van der Waals surface area contributed by atoms with Crippen LogP contribution in [0.1, 0.15) is 20.3 Å². The summed E-state index contributed by atoms with van der Waals surface area (Å²) >= 11 is 0. The highest BCUT2D eigenvalue weighted by atomic mass is 19.2. The molecule has 0 saturated heterocycles. The lowest BCUT2D eigenvalue weighted by Crippen LogP contribution is -2.42. The Morgan fingerprint density at radius 3 is 2.48 bits per heavy atom. The van der Waals surface area contributed by atoms with Crippen molar-refractivity contribution >= 4 is 11.9 Å². The summed E-state index contributed by atoms with van der Waals surface area (Å²) in [4.78, 5) is 22.9. The Morgan fingerprint density at radius 2 is 1.90 bits per heavy atom. The number of halogens is 2. The standard InChI is InChI=1S/C14H17F2NO4/c1-8(6-13(18)20-3)17-14(19)9(2)21-10-4-5-11(15)12(16)7-10/h4-5,7-9H,6H2,1-3H3,(H,17,19)/t8-,9+/m1/s1. The fourth-order valence-corrected chi connectivity index (χ4v) is 1.55. The molecule has 0 unspecified atom stereocenters. The summed E-state index contributed by atoms with van der Waals surface area (Å²) in [7, 11) is 1.26. The van der Waals surface area contributed by atoms with Crippen molar-refractivity contribution < 1.29 is 27.8 Å². The largest absolute Gasteiger partial charge is 0.481 e. The van der Waals surface area contributed by atoms with Crippen molar-refractivity contribution in [2.24, 2.45) is 0 Å². The SMILES string of the molecule is COC(=O)C[C@@H](C)NC(=O)[C@H](C)Oc1ccc(F)c(F)c1. The summed E-state index contributed by atoms with van der Waals surface area (Å²) in [5.74, 6) is -2.93. The molecule has 21 heavy (non-hydrogen) atoms. The fourth-order valence-electron chi connectivity index (χ4n) is 1.55. The fraction of sp³-hybridized carbons (Fsp3) is 0.429. The number of ether oxygens (including phenoxy) is 2. The maximum Gasteiger partial charge on any atom is 0.307 e. The Bertz CT molecular complexity index is 522. The minimum atomic E-state index is -1.06. The molecule has 0 bridgehead atoms. The van der Waals surface area contributed by atoms with Crippen LogP contribution in [0.2, 0.25) is 0 Å². The van der Waals surface area contributed by atoms with Crippen molar-refractivity contribution in [3.05, 3.63) is 29.8 Å². The molecule has 0 spiro atoms. The molecule has 2 atom stereocenters. The topological polar surface area (TPSA) is 64.6 Å². The first kappa shape index (κ1) is 16.9. The molecule has 0 fully saturated rings. The third kappa shape index (κ3) is 5.37. The molecule has 0 heterocycles. The van der Waals surface area contributed by atoms with Gasteiger partial charge in [-0.15, -0.1) is 0 Å². The van der Waals surface area contributed by atoms with Gasteiger partial charge >= 0.3 is 5.97 Å². The highest BCUT2D eigenvalue weighted by molar-refractivity contribution is 5.81. The lowest BCUT2D eigenvalue weighted by Gasteiger charge is -2.18. The van der Waals surface area contributed by atoms with Crippen molar-refractivity contribution in [3.8, 4) is 5.75 Å². The van der Waals surface area contributed by atoms with Gasteiger partial charge in [-0.3, -0.25) is 9.59 Å². The second kappa shape index (κ2) is 7.56. The van der Waals surface area contributed by atoms with Gasteiger partial charge < -0.3 is 14.8 Å². The van der Waals surface area contributed by atoms with E-state index < -0.39 is 35.7 Å². The van der Waals surface area contributed by atoms with E-state index in [1.54, 1.807) is 6.92 Å². The number of hydrogen-bond donors (Lipinski definition) is 1. The zero-order chi connectivity index (χ0) is 16.0. The Hall–Kier alpha value is -2.18. The van der Waals surface area contributed by atoms with Crippen LogP contribution in [-0.2, 0) is 14.3 Å². The molecule has 116 valence electrons. The number of nitrogens with one attached hydrogen (secondary N) is 1. The van der Waals surface area contributed by atoms with Gasteiger partial charge in [0, 0.05) is 12.1 Å². The second-order valence-corrected chi connectivity index (χ2v) is 4.53. The van der Waals surface area contributed by atoms with Crippen LogP contribution in [0.25, 0.3) is 0 Å². The van der Waals surface area contributed by atoms with E-state index in [1.165, 1.54) is 20.1 Å². The van der Waals surface area contributed by atoms with E-state index in [-0.39, 0.29) is 12.2 Å². The van der Waals surface area contributed by atoms with Crippen LogP contribution in [0, 0.1) is 11.6 Å². The zero-order valence-electron chi connectivity index (χ0n) is 12.0. The van der Waals surface area contributed by atoms with Crippen molar-refractivity contribution in [1.29, 1.82) is 0 Å². The lowest BCUT2D eigenvalue weighted by molar-refractivity contribution is -0.141. The molecule has 0 aromatic heterocycles. The minimum absolute atomic E-state index is 0.0279. The second-order valence-electron chi connectivity index (χ2n) is 4.53.